The molecule has 1 aliphatic rings. The maximum atomic E-state index is 13.4. The zero-order valence-corrected chi connectivity index (χ0v) is 13.0. The molecule has 3 rings (SSSR count). The number of nitrogens with one attached hydrogen (secondary N) is 1. The van der Waals surface area contributed by atoms with Crippen molar-refractivity contribution in [3.8, 4) is 0 Å². The number of hydrogen-bond donors (Lipinski definition) is 1. The predicted octanol–water partition coefficient (Wildman–Crippen LogP) is 2.68. The molecule has 0 unspecified atom stereocenters. The highest BCUT2D eigenvalue weighted by atomic mass is 32.1. The second-order valence-corrected chi connectivity index (χ2v) is 5.87. The summed E-state index contributed by atoms with van der Waals surface area (Å²) in [5.41, 5.74) is 1.30. The molecule has 7 heteroatoms. The van der Waals surface area contributed by atoms with Crippen LogP contribution in [-0.2, 0) is 4.74 Å². The first kappa shape index (κ1) is 14.9. The molecular weight excluding hydrogens is 305 g/mol. The number of carbonyl (C=O) groups is 1. The Labute approximate surface area is 131 Å². The van der Waals surface area contributed by atoms with Gasteiger partial charge >= 0.3 is 0 Å². The average molecular weight is 321 g/mol. The Hall–Kier alpha value is -1.99. The fourth-order valence-electron chi connectivity index (χ4n) is 2.28. The Morgan fingerprint density at radius 3 is 2.77 bits per heavy atom. The molecule has 0 spiro atoms. The standard InChI is InChI=1S/C15H16FN3O2S/c1-10-12(18-15(20)14-11(16)4-9-22-14)2-3-13(17-10)19-5-7-21-8-6-19/h2-4,9H,5-8H2,1H3,(H,18,20). The van der Waals surface area contributed by atoms with Crippen LogP contribution >= 0.6 is 11.3 Å². The number of thiophene rings is 1. The minimum Gasteiger partial charge on any atom is -0.378 e. The second-order valence-electron chi connectivity index (χ2n) is 4.95. The first-order valence-electron chi connectivity index (χ1n) is 7.00. The zero-order valence-electron chi connectivity index (χ0n) is 12.1. The van der Waals surface area contributed by atoms with Crippen molar-refractivity contribution >= 4 is 28.7 Å². The Bertz CT molecular complexity index is 683. The van der Waals surface area contributed by atoms with Crippen molar-refractivity contribution in [3.05, 3.63) is 40.0 Å². The van der Waals surface area contributed by atoms with E-state index in [1.165, 1.54) is 6.07 Å². The normalized spacial score (nSPS) is 14.9. The van der Waals surface area contributed by atoms with Crippen LogP contribution in [0, 0.1) is 12.7 Å². The van der Waals surface area contributed by atoms with Gasteiger partial charge in [0, 0.05) is 13.1 Å². The van der Waals surface area contributed by atoms with Gasteiger partial charge in [0.1, 0.15) is 16.5 Å². The first-order chi connectivity index (χ1) is 10.6. The molecule has 1 amide bonds. The molecule has 0 bridgehead atoms. The van der Waals surface area contributed by atoms with E-state index in [9.17, 15) is 9.18 Å². The topological polar surface area (TPSA) is 54.5 Å². The lowest BCUT2D eigenvalue weighted by atomic mass is 10.2. The highest BCUT2D eigenvalue weighted by Crippen LogP contribution is 2.22. The molecular formula is C15H16FN3O2S. The second kappa shape index (κ2) is 6.41. The van der Waals surface area contributed by atoms with Gasteiger partial charge in [-0.2, -0.15) is 0 Å². The van der Waals surface area contributed by atoms with Crippen molar-refractivity contribution in [2.75, 3.05) is 36.5 Å². The summed E-state index contributed by atoms with van der Waals surface area (Å²) in [7, 11) is 0. The molecule has 2 aromatic rings. The van der Waals surface area contributed by atoms with Crippen LogP contribution in [0.4, 0.5) is 15.9 Å². The molecule has 0 aromatic carbocycles. The number of nitrogens with zero attached hydrogens (tertiary/aromatic N) is 2. The summed E-state index contributed by atoms with van der Waals surface area (Å²) in [6.07, 6.45) is 0. The van der Waals surface area contributed by atoms with Crippen LogP contribution in [0.25, 0.3) is 0 Å². The maximum Gasteiger partial charge on any atom is 0.268 e. The van der Waals surface area contributed by atoms with Crippen molar-refractivity contribution in [3.63, 3.8) is 0 Å². The lowest BCUT2D eigenvalue weighted by Crippen LogP contribution is -2.36. The number of halogens is 1. The number of carbonyl (C=O) groups excluding carboxylic acids is 1. The van der Waals surface area contributed by atoms with E-state index in [4.69, 9.17) is 4.74 Å². The van der Waals surface area contributed by atoms with E-state index in [1.807, 2.05) is 13.0 Å². The zero-order chi connectivity index (χ0) is 15.5. The SMILES string of the molecule is Cc1nc(N2CCOCC2)ccc1NC(=O)c1sccc1F. The maximum absolute atomic E-state index is 13.4. The number of aryl methyl sites for hydroxylation is 1. The molecule has 0 saturated carbocycles. The number of anilines is 2. The van der Waals surface area contributed by atoms with E-state index in [0.717, 1.165) is 30.2 Å². The lowest BCUT2D eigenvalue weighted by Gasteiger charge is -2.28. The van der Waals surface area contributed by atoms with Gasteiger partial charge in [-0.05, 0) is 30.5 Å². The molecule has 22 heavy (non-hydrogen) atoms. The summed E-state index contributed by atoms with van der Waals surface area (Å²) in [5, 5.41) is 4.26. The molecule has 5 nitrogen and oxygen atoms in total. The van der Waals surface area contributed by atoms with E-state index < -0.39 is 11.7 Å². The van der Waals surface area contributed by atoms with Gasteiger partial charge in [0.15, 0.2) is 0 Å². The molecule has 1 fully saturated rings. The third-order valence-corrected chi connectivity index (χ3v) is 4.37. The first-order valence-corrected chi connectivity index (χ1v) is 7.88. The van der Waals surface area contributed by atoms with E-state index >= 15 is 0 Å². The molecule has 1 saturated heterocycles. The molecule has 2 aromatic heterocycles. The lowest BCUT2D eigenvalue weighted by molar-refractivity contribution is 0.102. The largest absolute Gasteiger partial charge is 0.378 e. The quantitative estimate of drug-likeness (QED) is 0.944. The molecule has 1 aliphatic heterocycles. The van der Waals surface area contributed by atoms with Gasteiger partial charge in [0.25, 0.3) is 5.91 Å². The van der Waals surface area contributed by atoms with Crippen LogP contribution in [-0.4, -0.2) is 37.2 Å². The molecule has 116 valence electrons. The number of pyridine rings is 1. The molecule has 0 radical (unpaired) electrons. The monoisotopic (exact) mass is 321 g/mol. The number of ether oxygens (including phenoxy) is 1. The highest BCUT2D eigenvalue weighted by Gasteiger charge is 2.16. The van der Waals surface area contributed by atoms with E-state index in [-0.39, 0.29) is 4.88 Å². The van der Waals surface area contributed by atoms with Gasteiger partial charge in [0.2, 0.25) is 0 Å². The fourth-order valence-corrected chi connectivity index (χ4v) is 2.95. The van der Waals surface area contributed by atoms with Crippen molar-refractivity contribution in [1.29, 1.82) is 0 Å². The fraction of sp³-hybridized carbons (Fsp3) is 0.333. The summed E-state index contributed by atoms with van der Waals surface area (Å²) < 4.78 is 18.7. The minimum atomic E-state index is -0.502. The third kappa shape index (κ3) is 3.10. The van der Waals surface area contributed by atoms with Gasteiger partial charge in [-0.3, -0.25) is 4.79 Å². The average Bonchev–Trinajstić information content (AvgIpc) is 2.96. The Morgan fingerprint density at radius 2 is 2.14 bits per heavy atom. The Balaban J connectivity index is 1.75. The minimum absolute atomic E-state index is 0.0802. The predicted molar refractivity (Wildman–Crippen MR) is 84.2 cm³/mol. The van der Waals surface area contributed by atoms with Gasteiger partial charge in [-0.15, -0.1) is 11.3 Å². The highest BCUT2D eigenvalue weighted by molar-refractivity contribution is 7.12. The molecule has 1 N–H and O–H groups in total. The number of aromatic nitrogens is 1. The van der Waals surface area contributed by atoms with Gasteiger partial charge in [0.05, 0.1) is 24.6 Å². The van der Waals surface area contributed by atoms with E-state index in [1.54, 1.807) is 11.4 Å². The van der Waals surface area contributed by atoms with Crippen LogP contribution in [0.5, 0.6) is 0 Å². The smallest absolute Gasteiger partial charge is 0.268 e. The van der Waals surface area contributed by atoms with Crippen LogP contribution in [0.1, 0.15) is 15.4 Å². The van der Waals surface area contributed by atoms with Crippen molar-refractivity contribution in [2.45, 2.75) is 6.92 Å². The van der Waals surface area contributed by atoms with E-state index in [2.05, 4.69) is 15.2 Å². The number of morpholine rings is 1. The van der Waals surface area contributed by atoms with Gasteiger partial charge < -0.3 is 15.0 Å². The van der Waals surface area contributed by atoms with Crippen molar-refractivity contribution < 1.29 is 13.9 Å². The number of amides is 1. The number of rotatable bonds is 3. The van der Waals surface area contributed by atoms with Gasteiger partial charge in [-0.1, -0.05) is 0 Å². The van der Waals surface area contributed by atoms with E-state index in [0.29, 0.717) is 24.6 Å². The van der Waals surface area contributed by atoms with Crippen LogP contribution in [0.2, 0.25) is 0 Å². The van der Waals surface area contributed by atoms with Gasteiger partial charge in [-0.25, -0.2) is 9.37 Å². The Morgan fingerprint density at radius 1 is 1.36 bits per heavy atom. The van der Waals surface area contributed by atoms with Crippen molar-refractivity contribution in [1.82, 2.24) is 4.98 Å². The summed E-state index contributed by atoms with van der Waals surface area (Å²) in [5.74, 6) is -0.0873. The number of hydrogen-bond acceptors (Lipinski definition) is 5. The summed E-state index contributed by atoms with van der Waals surface area (Å²) in [6, 6.07) is 4.95. The molecule has 3 heterocycles. The summed E-state index contributed by atoms with van der Waals surface area (Å²) >= 11 is 1.08. The summed E-state index contributed by atoms with van der Waals surface area (Å²) in [4.78, 5) is 18.8. The molecule has 0 aliphatic carbocycles. The van der Waals surface area contributed by atoms with Crippen LogP contribution in [0.15, 0.2) is 23.6 Å². The van der Waals surface area contributed by atoms with Crippen LogP contribution < -0.4 is 10.2 Å². The Kier molecular flexibility index (Phi) is 4.35. The third-order valence-electron chi connectivity index (χ3n) is 3.48. The molecule has 0 atom stereocenters. The summed E-state index contributed by atoms with van der Waals surface area (Å²) in [6.45, 7) is 4.81. The van der Waals surface area contributed by atoms with Crippen molar-refractivity contribution in [2.24, 2.45) is 0 Å². The van der Waals surface area contributed by atoms with Crippen LogP contribution in [0.3, 0.4) is 0 Å².